The Morgan fingerprint density at radius 2 is 2.11 bits per heavy atom. The molecule has 0 aromatic heterocycles. The second-order valence-corrected chi connectivity index (χ2v) is 2.17. The Kier molecular flexibility index (Phi) is 0.890. The zero-order valence-corrected chi connectivity index (χ0v) is 5.04. The summed E-state index contributed by atoms with van der Waals surface area (Å²) in [6.45, 7) is 0.871. The van der Waals surface area contributed by atoms with Crippen LogP contribution in [0, 0.1) is 0 Å². The standard InChI is InChI=1S/C8H7N/c1-2-4-8-6-9-5-7(8)3-1/h1-5H,6H2. The maximum Gasteiger partial charge on any atom is 0.0646 e. The Balaban J connectivity index is 2.63. The SMILES string of the molecule is C1=NCc2ccccc21. The first-order chi connectivity index (χ1) is 4.47. The fourth-order valence-corrected chi connectivity index (χ4v) is 1.05. The van der Waals surface area contributed by atoms with Crippen molar-refractivity contribution in [2.24, 2.45) is 4.99 Å². The molecule has 0 bridgehead atoms. The van der Waals surface area contributed by atoms with Crippen molar-refractivity contribution >= 4 is 6.21 Å². The summed E-state index contributed by atoms with van der Waals surface area (Å²) in [5.41, 5.74) is 2.62. The molecule has 1 aromatic carbocycles. The molecule has 1 heterocycles. The highest BCUT2D eigenvalue weighted by molar-refractivity contribution is 5.84. The van der Waals surface area contributed by atoms with E-state index in [1.54, 1.807) is 0 Å². The summed E-state index contributed by atoms with van der Waals surface area (Å²) in [7, 11) is 0. The molecular weight excluding hydrogens is 110 g/mol. The van der Waals surface area contributed by atoms with Crippen LogP contribution in [0.25, 0.3) is 0 Å². The van der Waals surface area contributed by atoms with E-state index in [2.05, 4.69) is 17.1 Å². The monoisotopic (exact) mass is 117 g/mol. The van der Waals surface area contributed by atoms with Crippen LogP contribution in [0.15, 0.2) is 29.3 Å². The lowest BCUT2D eigenvalue weighted by molar-refractivity contribution is 1.11. The van der Waals surface area contributed by atoms with E-state index in [-0.39, 0.29) is 0 Å². The average Bonchev–Trinajstić information content (AvgIpc) is 2.33. The summed E-state index contributed by atoms with van der Waals surface area (Å²) in [5.74, 6) is 0. The quantitative estimate of drug-likeness (QED) is 0.489. The minimum Gasteiger partial charge on any atom is -0.288 e. The maximum absolute atomic E-state index is 4.13. The van der Waals surface area contributed by atoms with Gasteiger partial charge in [0.1, 0.15) is 0 Å². The minimum atomic E-state index is 0.871. The predicted molar refractivity (Wildman–Crippen MR) is 37.7 cm³/mol. The zero-order valence-electron chi connectivity index (χ0n) is 5.04. The summed E-state index contributed by atoms with van der Waals surface area (Å²) < 4.78 is 0. The largest absolute Gasteiger partial charge is 0.288 e. The molecule has 1 aliphatic heterocycles. The van der Waals surface area contributed by atoms with E-state index in [1.807, 2.05) is 18.3 Å². The van der Waals surface area contributed by atoms with Crippen molar-refractivity contribution in [1.29, 1.82) is 0 Å². The molecule has 0 aliphatic carbocycles. The van der Waals surface area contributed by atoms with Crippen molar-refractivity contribution in [1.82, 2.24) is 0 Å². The van der Waals surface area contributed by atoms with Gasteiger partial charge in [0.15, 0.2) is 0 Å². The first-order valence-corrected chi connectivity index (χ1v) is 3.04. The van der Waals surface area contributed by atoms with Crippen LogP contribution in [-0.2, 0) is 6.54 Å². The second kappa shape index (κ2) is 1.69. The fraction of sp³-hybridized carbons (Fsp3) is 0.125. The van der Waals surface area contributed by atoms with Crippen LogP contribution < -0.4 is 0 Å². The highest BCUT2D eigenvalue weighted by Gasteiger charge is 2.01. The minimum absolute atomic E-state index is 0.871. The van der Waals surface area contributed by atoms with Gasteiger partial charge in [-0.05, 0) is 11.1 Å². The lowest BCUT2D eigenvalue weighted by Gasteiger charge is -1.91. The molecule has 1 aromatic rings. The number of fused-ring (bicyclic) bond motifs is 1. The highest BCUT2D eigenvalue weighted by atomic mass is 14.7. The lowest BCUT2D eigenvalue weighted by atomic mass is 10.1. The number of rotatable bonds is 0. The van der Waals surface area contributed by atoms with Gasteiger partial charge in [0, 0.05) is 6.21 Å². The molecular formula is C8H7N. The van der Waals surface area contributed by atoms with Gasteiger partial charge < -0.3 is 0 Å². The molecule has 1 nitrogen and oxygen atoms in total. The smallest absolute Gasteiger partial charge is 0.0646 e. The van der Waals surface area contributed by atoms with E-state index in [1.165, 1.54) is 11.1 Å². The van der Waals surface area contributed by atoms with Crippen LogP contribution in [0.2, 0.25) is 0 Å². The Morgan fingerprint density at radius 1 is 1.22 bits per heavy atom. The number of nitrogens with zero attached hydrogens (tertiary/aromatic N) is 1. The first-order valence-electron chi connectivity index (χ1n) is 3.04. The summed E-state index contributed by atoms with van der Waals surface area (Å²) >= 11 is 0. The molecule has 0 amide bonds. The molecule has 9 heavy (non-hydrogen) atoms. The Morgan fingerprint density at radius 3 is 3.00 bits per heavy atom. The predicted octanol–water partition coefficient (Wildman–Crippen LogP) is 1.62. The summed E-state index contributed by atoms with van der Waals surface area (Å²) in [6.07, 6.45) is 1.93. The Hall–Kier alpha value is -1.11. The van der Waals surface area contributed by atoms with Crippen LogP contribution in [0.4, 0.5) is 0 Å². The molecule has 1 aliphatic rings. The normalized spacial score (nSPS) is 13.8. The van der Waals surface area contributed by atoms with Crippen LogP contribution in [-0.4, -0.2) is 6.21 Å². The summed E-state index contributed by atoms with van der Waals surface area (Å²) in [6, 6.07) is 8.29. The van der Waals surface area contributed by atoms with Crippen LogP contribution in [0.3, 0.4) is 0 Å². The van der Waals surface area contributed by atoms with Crippen molar-refractivity contribution in [3.8, 4) is 0 Å². The maximum atomic E-state index is 4.13. The summed E-state index contributed by atoms with van der Waals surface area (Å²) in [4.78, 5) is 4.13. The van der Waals surface area contributed by atoms with Gasteiger partial charge in [0.05, 0.1) is 6.54 Å². The first kappa shape index (κ1) is 4.74. The molecule has 0 atom stereocenters. The number of hydrogen-bond acceptors (Lipinski definition) is 1. The lowest BCUT2D eigenvalue weighted by Crippen LogP contribution is -1.79. The van der Waals surface area contributed by atoms with Crippen molar-refractivity contribution in [3.05, 3.63) is 35.4 Å². The van der Waals surface area contributed by atoms with Crippen molar-refractivity contribution in [2.75, 3.05) is 0 Å². The van der Waals surface area contributed by atoms with Crippen LogP contribution >= 0.6 is 0 Å². The molecule has 0 saturated carbocycles. The van der Waals surface area contributed by atoms with Crippen molar-refractivity contribution in [3.63, 3.8) is 0 Å². The Labute approximate surface area is 54.1 Å². The molecule has 0 fully saturated rings. The van der Waals surface area contributed by atoms with Crippen LogP contribution in [0.5, 0.6) is 0 Å². The molecule has 0 radical (unpaired) electrons. The van der Waals surface area contributed by atoms with Gasteiger partial charge in [-0.25, -0.2) is 0 Å². The van der Waals surface area contributed by atoms with E-state index in [0.717, 1.165) is 6.54 Å². The van der Waals surface area contributed by atoms with Crippen LogP contribution in [0.1, 0.15) is 11.1 Å². The summed E-state index contributed by atoms with van der Waals surface area (Å²) in [5, 5.41) is 0. The van der Waals surface area contributed by atoms with Gasteiger partial charge in [-0.15, -0.1) is 0 Å². The molecule has 1 heteroatoms. The van der Waals surface area contributed by atoms with E-state index in [4.69, 9.17) is 0 Å². The third-order valence-corrected chi connectivity index (χ3v) is 1.55. The fourth-order valence-electron chi connectivity index (χ4n) is 1.05. The topological polar surface area (TPSA) is 12.4 Å². The van der Waals surface area contributed by atoms with Crippen molar-refractivity contribution in [2.45, 2.75) is 6.54 Å². The third-order valence-electron chi connectivity index (χ3n) is 1.55. The second-order valence-electron chi connectivity index (χ2n) is 2.17. The van der Waals surface area contributed by atoms with E-state index >= 15 is 0 Å². The van der Waals surface area contributed by atoms with E-state index in [0.29, 0.717) is 0 Å². The number of hydrogen-bond donors (Lipinski definition) is 0. The van der Waals surface area contributed by atoms with E-state index in [9.17, 15) is 0 Å². The average molecular weight is 117 g/mol. The molecule has 0 saturated heterocycles. The van der Waals surface area contributed by atoms with Gasteiger partial charge in [0.25, 0.3) is 0 Å². The molecule has 0 unspecified atom stereocenters. The third kappa shape index (κ3) is 0.653. The molecule has 0 N–H and O–H groups in total. The van der Waals surface area contributed by atoms with Crippen molar-refractivity contribution < 1.29 is 0 Å². The Bertz CT molecular complexity index is 250. The van der Waals surface area contributed by atoms with Gasteiger partial charge in [-0.1, -0.05) is 24.3 Å². The van der Waals surface area contributed by atoms with Gasteiger partial charge in [-0.2, -0.15) is 0 Å². The van der Waals surface area contributed by atoms with Gasteiger partial charge in [-0.3, -0.25) is 4.99 Å². The zero-order chi connectivity index (χ0) is 6.10. The number of aliphatic imine (C=N–C) groups is 1. The highest BCUT2D eigenvalue weighted by Crippen LogP contribution is 2.12. The van der Waals surface area contributed by atoms with Gasteiger partial charge >= 0.3 is 0 Å². The van der Waals surface area contributed by atoms with Gasteiger partial charge in [0.2, 0.25) is 0 Å². The molecule has 2 rings (SSSR count). The molecule has 44 valence electrons. The number of benzene rings is 1. The van der Waals surface area contributed by atoms with E-state index < -0.39 is 0 Å². The molecule has 0 spiro atoms.